The first-order chi connectivity index (χ1) is 6.86. The SMILES string of the molecule is CCOc1cccc(OCCCS)c1. The summed E-state index contributed by atoms with van der Waals surface area (Å²) in [7, 11) is 0. The van der Waals surface area contributed by atoms with Gasteiger partial charge < -0.3 is 9.47 Å². The van der Waals surface area contributed by atoms with Gasteiger partial charge in [-0.25, -0.2) is 0 Å². The van der Waals surface area contributed by atoms with Crippen molar-refractivity contribution in [1.29, 1.82) is 0 Å². The molecule has 0 saturated heterocycles. The molecule has 1 aromatic carbocycles. The van der Waals surface area contributed by atoms with Crippen LogP contribution in [0.15, 0.2) is 24.3 Å². The molecule has 0 aliphatic heterocycles. The summed E-state index contributed by atoms with van der Waals surface area (Å²) in [6.07, 6.45) is 0.960. The van der Waals surface area contributed by atoms with Crippen molar-refractivity contribution in [1.82, 2.24) is 0 Å². The Morgan fingerprint density at radius 3 is 2.57 bits per heavy atom. The molecule has 0 aliphatic carbocycles. The van der Waals surface area contributed by atoms with Crippen molar-refractivity contribution in [3.05, 3.63) is 24.3 Å². The van der Waals surface area contributed by atoms with E-state index in [0.29, 0.717) is 13.2 Å². The second-order valence-electron chi connectivity index (χ2n) is 2.83. The van der Waals surface area contributed by atoms with Gasteiger partial charge in [-0.1, -0.05) is 6.07 Å². The summed E-state index contributed by atoms with van der Waals surface area (Å²) >= 11 is 4.12. The monoisotopic (exact) mass is 212 g/mol. The predicted octanol–water partition coefficient (Wildman–Crippen LogP) is 2.78. The Labute approximate surface area is 90.6 Å². The van der Waals surface area contributed by atoms with Crippen LogP contribution < -0.4 is 9.47 Å². The fourth-order valence-electron chi connectivity index (χ4n) is 1.08. The highest BCUT2D eigenvalue weighted by atomic mass is 32.1. The van der Waals surface area contributed by atoms with Crippen LogP contribution in [0.3, 0.4) is 0 Å². The summed E-state index contributed by atoms with van der Waals surface area (Å²) in [6, 6.07) is 7.69. The maximum Gasteiger partial charge on any atom is 0.122 e. The molecule has 0 atom stereocenters. The highest BCUT2D eigenvalue weighted by molar-refractivity contribution is 7.80. The molecular formula is C11H16O2S. The molecule has 0 aromatic heterocycles. The Balaban J connectivity index is 2.46. The van der Waals surface area contributed by atoms with Crippen LogP contribution in [0.25, 0.3) is 0 Å². The third kappa shape index (κ3) is 3.92. The van der Waals surface area contributed by atoms with Crippen molar-refractivity contribution in [3.63, 3.8) is 0 Å². The quantitative estimate of drug-likeness (QED) is 0.577. The van der Waals surface area contributed by atoms with Crippen LogP contribution in [0.2, 0.25) is 0 Å². The molecule has 0 amide bonds. The van der Waals surface area contributed by atoms with Gasteiger partial charge >= 0.3 is 0 Å². The maximum atomic E-state index is 5.50. The summed E-state index contributed by atoms with van der Waals surface area (Å²) in [5.41, 5.74) is 0. The molecule has 3 heteroatoms. The van der Waals surface area contributed by atoms with Crippen molar-refractivity contribution in [2.45, 2.75) is 13.3 Å². The molecule has 0 unspecified atom stereocenters. The molecule has 2 nitrogen and oxygen atoms in total. The smallest absolute Gasteiger partial charge is 0.122 e. The molecule has 0 bridgehead atoms. The Kier molecular flexibility index (Phi) is 5.30. The summed E-state index contributed by atoms with van der Waals surface area (Å²) in [4.78, 5) is 0. The molecular weight excluding hydrogens is 196 g/mol. The Bertz CT molecular complexity index is 263. The van der Waals surface area contributed by atoms with E-state index >= 15 is 0 Å². The number of ether oxygens (including phenoxy) is 2. The van der Waals surface area contributed by atoms with E-state index in [1.165, 1.54) is 0 Å². The van der Waals surface area contributed by atoms with Gasteiger partial charge in [0.2, 0.25) is 0 Å². The van der Waals surface area contributed by atoms with Crippen LogP contribution >= 0.6 is 12.6 Å². The topological polar surface area (TPSA) is 18.5 Å². The first kappa shape index (κ1) is 11.2. The second-order valence-corrected chi connectivity index (χ2v) is 3.28. The van der Waals surface area contributed by atoms with Gasteiger partial charge in [0.05, 0.1) is 13.2 Å². The zero-order valence-electron chi connectivity index (χ0n) is 8.40. The number of hydrogen-bond donors (Lipinski definition) is 1. The van der Waals surface area contributed by atoms with Gasteiger partial charge in [-0.15, -0.1) is 0 Å². The maximum absolute atomic E-state index is 5.50. The summed E-state index contributed by atoms with van der Waals surface area (Å²) < 4.78 is 10.9. The van der Waals surface area contributed by atoms with Gasteiger partial charge in [0.1, 0.15) is 11.5 Å². The molecule has 1 rings (SSSR count). The highest BCUT2D eigenvalue weighted by Gasteiger charge is 1.96. The normalized spacial score (nSPS) is 9.86. The molecule has 1 aromatic rings. The van der Waals surface area contributed by atoms with Crippen molar-refractivity contribution in [2.75, 3.05) is 19.0 Å². The molecule has 0 saturated carbocycles. The first-order valence-electron chi connectivity index (χ1n) is 4.83. The van der Waals surface area contributed by atoms with Crippen molar-refractivity contribution in [3.8, 4) is 11.5 Å². The van der Waals surface area contributed by atoms with Crippen molar-refractivity contribution >= 4 is 12.6 Å². The molecule has 0 heterocycles. The van der Waals surface area contributed by atoms with E-state index in [9.17, 15) is 0 Å². The molecule has 0 radical (unpaired) electrons. The third-order valence-corrected chi connectivity index (χ3v) is 2.00. The molecule has 0 spiro atoms. The number of rotatable bonds is 6. The number of thiol groups is 1. The fourth-order valence-corrected chi connectivity index (χ4v) is 1.20. The van der Waals surface area contributed by atoms with Gasteiger partial charge in [-0.3, -0.25) is 0 Å². The zero-order chi connectivity index (χ0) is 10.2. The van der Waals surface area contributed by atoms with Gasteiger partial charge in [0.15, 0.2) is 0 Å². The molecule has 0 N–H and O–H groups in total. The van der Waals surface area contributed by atoms with Crippen molar-refractivity contribution < 1.29 is 9.47 Å². The second kappa shape index (κ2) is 6.60. The fraction of sp³-hybridized carbons (Fsp3) is 0.455. The Morgan fingerprint density at radius 2 is 1.93 bits per heavy atom. The van der Waals surface area contributed by atoms with E-state index in [4.69, 9.17) is 9.47 Å². The number of hydrogen-bond acceptors (Lipinski definition) is 3. The van der Waals surface area contributed by atoms with E-state index in [0.717, 1.165) is 23.7 Å². The molecule has 0 aliphatic rings. The molecule has 0 fully saturated rings. The lowest BCUT2D eigenvalue weighted by atomic mass is 10.3. The summed E-state index contributed by atoms with van der Waals surface area (Å²) in [5, 5.41) is 0. The van der Waals surface area contributed by atoms with Gasteiger partial charge in [-0.05, 0) is 31.2 Å². The molecule has 78 valence electrons. The van der Waals surface area contributed by atoms with E-state index in [1.54, 1.807) is 0 Å². The van der Waals surface area contributed by atoms with Crippen LogP contribution in [0, 0.1) is 0 Å². The van der Waals surface area contributed by atoms with Crippen LogP contribution in [-0.4, -0.2) is 19.0 Å². The Hall–Kier alpha value is -0.830. The standard InChI is InChI=1S/C11H16O2S/c1-2-12-10-5-3-6-11(9-10)13-7-4-8-14/h3,5-6,9,14H,2,4,7-8H2,1H3. The predicted molar refractivity (Wildman–Crippen MR) is 61.6 cm³/mol. The lowest BCUT2D eigenvalue weighted by Gasteiger charge is -2.07. The van der Waals surface area contributed by atoms with Crippen LogP contribution in [-0.2, 0) is 0 Å². The highest BCUT2D eigenvalue weighted by Crippen LogP contribution is 2.19. The minimum atomic E-state index is 0.681. The van der Waals surface area contributed by atoms with Gasteiger partial charge in [-0.2, -0.15) is 12.6 Å². The van der Waals surface area contributed by atoms with Crippen LogP contribution in [0.1, 0.15) is 13.3 Å². The minimum Gasteiger partial charge on any atom is -0.494 e. The average molecular weight is 212 g/mol. The number of benzene rings is 1. The summed E-state index contributed by atoms with van der Waals surface area (Å²) in [6.45, 7) is 3.35. The first-order valence-corrected chi connectivity index (χ1v) is 5.46. The van der Waals surface area contributed by atoms with E-state index in [-0.39, 0.29) is 0 Å². The Morgan fingerprint density at radius 1 is 1.21 bits per heavy atom. The van der Waals surface area contributed by atoms with E-state index in [1.807, 2.05) is 31.2 Å². The van der Waals surface area contributed by atoms with Crippen LogP contribution in [0.4, 0.5) is 0 Å². The molecule has 14 heavy (non-hydrogen) atoms. The zero-order valence-corrected chi connectivity index (χ0v) is 9.30. The van der Waals surface area contributed by atoms with Crippen LogP contribution in [0.5, 0.6) is 11.5 Å². The largest absolute Gasteiger partial charge is 0.494 e. The minimum absolute atomic E-state index is 0.681. The lowest BCUT2D eigenvalue weighted by Crippen LogP contribution is -1.98. The average Bonchev–Trinajstić information content (AvgIpc) is 2.19. The summed E-state index contributed by atoms with van der Waals surface area (Å²) in [5.74, 6) is 2.57. The van der Waals surface area contributed by atoms with Gasteiger partial charge in [0.25, 0.3) is 0 Å². The van der Waals surface area contributed by atoms with Crippen molar-refractivity contribution in [2.24, 2.45) is 0 Å². The van der Waals surface area contributed by atoms with Gasteiger partial charge in [0, 0.05) is 6.07 Å². The lowest BCUT2D eigenvalue weighted by molar-refractivity contribution is 0.310. The third-order valence-electron chi connectivity index (χ3n) is 1.69. The van der Waals surface area contributed by atoms with E-state index < -0.39 is 0 Å². The van der Waals surface area contributed by atoms with E-state index in [2.05, 4.69) is 12.6 Å².